The average molecular weight is 276 g/mol. The Bertz CT molecular complexity index is 284. The van der Waals surface area contributed by atoms with Crippen molar-refractivity contribution in [3.63, 3.8) is 0 Å². The van der Waals surface area contributed by atoms with Crippen LogP contribution in [0.5, 0.6) is 0 Å². The highest BCUT2D eigenvalue weighted by molar-refractivity contribution is 4.87. The van der Waals surface area contributed by atoms with Crippen LogP contribution in [0.15, 0.2) is 0 Å². The number of hydrogen-bond donors (Lipinski definition) is 2. The third-order valence-corrected chi connectivity index (χ3v) is 3.03. The molecule has 1 fully saturated rings. The van der Waals surface area contributed by atoms with E-state index in [-0.39, 0.29) is 18.3 Å². The van der Waals surface area contributed by atoms with Gasteiger partial charge in [0.15, 0.2) is 5.79 Å². The summed E-state index contributed by atoms with van der Waals surface area (Å²) >= 11 is 0. The monoisotopic (exact) mass is 276 g/mol. The molecule has 4 atom stereocenters. The van der Waals surface area contributed by atoms with Crippen molar-refractivity contribution in [3.8, 4) is 0 Å². The zero-order valence-corrected chi connectivity index (χ0v) is 12.8. The molecule has 0 aromatic heterocycles. The first-order valence-corrected chi connectivity index (χ1v) is 6.91. The van der Waals surface area contributed by atoms with Crippen molar-refractivity contribution in [1.82, 2.24) is 0 Å². The first-order chi connectivity index (χ1) is 8.56. The first kappa shape index (κ1) is 16.9. The van der Waals surface area contributed by atoms with E-state index in [1.165, 1.54) is 0 Å². The van der Waals surface area contributed by atoms with Gasteiger partial charge in [-0.25, -0.2) is 0 Å². The Morgan fingerprint density at radius 1 is 1.37 bits per heavy atom. The highest BCUT2D eigenvalue weighted by Crippen LogP contribution is 2.28. The van der Waals surface area contributed by atoms with Crippen LogP contribution in [0.4, 0.5) is 0 Å². The SMILES string of the molecule is CC[C@@H](OC(C)(C)C)C(O)[C@@H]1OC(C)(C)OCC1O. The Kier molecular flexibility index (Phi) is 5.37. The van der Waals surface area contributed by atoms with Gasteiger partial charge in [-0.3, -0.25) is 0 Å². The summed E-state index contributed by atoms with van der Waals surface area (Å²) in [6, 6.07) is 0. The zero-order valence-electron chi connectivity index (χ0n) is 12.8. The molecule has 0 saturated carbocycles. The molecule has 2 unspecified atom stereocenters. The zero-order chi connectivity index (χ0) is 14.8. The summed E-state index contributed by atoms with van der Waals surface area (Å²) in [5.74, 6) is -0.801. The predicted molar refractivity (Wildman–Crippen MR) is 71.8 cm³/mol. The van der Waals surface area contributed by atoms with E-state index in [9.17, 15) is 10.2 Å². The van der Waals surface area contributed by atoms with Gasteiger partial charge in [0.05, 0.1) is 18.3 Å². The number of aliphatic hydroxyl groups excluding tert-OH is 2. The highest BCUT2D eigenvalue weighted by atomic mass is 16.7. The van der Waals surface area contributed by atoms with Crippen LogP contribution in [0.3, 0.4) is 0 Å². The van der Waals surface area contributed by atoms with Gasteiger partial charge in [0.1, 0.15) is 18.3 Å². The smallest absolute Gasteiger partial charge is 0.163 e. The fourth-order valence-electron chi connectivity index (χ4n) is 2.18. The van der Waals surface area contributed by atoms with Gasteiger partial charge < -0.3 is 24.4 Å². The lowest BCUT2D eigenvalue weighted by Gasteiger charge is -2.43. The van der Waals surface area contributed by atoms with Crippen LogP contribution in [0.25, 0.3) is 0 Å². The summed E-state index contributed by atoms with van der Waals surface area (Å²) in [6.07, 6.45) is -2.17. The molecular weight excluding hydrogens is 248 g/mol. The summed E-state index contributed by atoms with van der Waals surface area (Å²) in [5.41, 5.74) is -0.354. The maximum absolute atomic E-state index is 10.4. The third-order valence-electron chi connectivity index (χ3n) is 3.03. The summed E-state index contributed by atoms with van der Waals surface area (Å²) in [5, 5.41) is 20.4. The maximum atomic E-state index is 10.4. The fourth-order valence-corrected chi connectivity index (χ4v) is 2.18. The molecule has 1 aliphatic rings. The quantitative estimate of drug-likeness (QED) is 0.813. The van der Waals surface area contributed by atoms with E-state index in [1.54, 1.807) is 13.8 Å². The molecule has 0 amide bonds. The van der Waals surface area contributed by atoms with Crippen LogP contribution in [-0.2, 0) is 14.2 Å². The van der Waals surface area contributed by atoms with Crippen molar-refractivity contribution in [2.75, 3.05) is 6.61 Å². The van der Waals surface area contributed by atoms with Crippen molar-refractivity contribution in [2.45, 2.75) is 83.8 Å². The van der Waals surface area contributed by atoms with E-state index in [4.69, 9.17) is 14.2 Å². The second-order valence-corrected chi connectivity index (χ2v) is 6.53. The second-order valence-electron chi connectivity index (χ2n) is 6.53. The van der Waals surface area contributed by atoms with Crippen LogP contribution in [0, 0.1) is 0 Å². The Balaban J connectivity index is 2.75. The molecule has 5 heteroatoms. The van der Waals surface area contributed by atoms with Crippen LogP contribution in [0.1, 0.15) is 48.0 Å². The molecule has 0 radical (unpaired) electrons. The molecule has 0 aromatic carbocycles. The lowest BCUT2D eigenvalue weighted by molar-refractivity contribution is -0.326. The molecule has 114 valence electrons. The maximum Gasteiger partial charge on any atom is 0.163 e. The van der Waals surface area contributed by atoms with Crippen LogP contribution >= 0.6 is 0 Å². The van der Waals surface area contributed by atoms with Gasteiger partial charge in [0.2, 0.25) is 0 Å². The minimum atomic E-state index is -0.887. The number of hydrogen-bond acceptors (Lipinski definition) is 5. The predicted octanol–water partition coefficient (Wildman–Crippen LogP) is 1.45. The van der Waals surface area contributed by atoms with Crippen molar-refractivity contribution in [1.29, 1.82) is 0 Å². The molecule has 1 rings (SSSR count). The third kappa shape index (κ3) is 5.00. The van der Waals surface area contributed by atoms with Gasteiger partial charge in [0.25, 0.3) is 0 Å². The van der Waals surface area contributed by atoms with Crippen LogP contribution in [-0.4, -0.2) is 52.6 Å². The molecule has 0 aliphatic carbocycles. The molecule has 1 aliphatic heterocycles. The van der Waals surface area contributed by atoms with Gasteiger partial charge in [-0.15, -0.1) is 0 Å². The minimum absolute atomic E-state index is 0.153. The van der Waals surface area contributed by atoms with E-state index in [1.807, 2.05) is 27.7 Å². The first-order valence-electron chi connectivity index (χ1n) is 6.91. The lowest BCUT2D eigenvalue weighted by Crippen LogP contribution is -2.57. The Morgan fingerprint density at radius 2 is 1.95 bits per heavy atom. The van der Waals surface area contributed by atoms with E-state index in [2.05, 4.69) is 0 Å². The fraction of sp³-hybridized carbons (Fsp3) is 1.00. The van der Waals surface area contributed by atoms with Gasteiger partial charge in [-0.1, -0.05) is 6.92 Å². The van der Waals surface area contributed by atoms with Crippen molar-refractivity contribution >= 4 is 0 Å². The molecule has 5 nitrogen and oxygen atoms in total. The molecule has 0 bridgehead atoms. The number of ether oxygens (including phenoxy) is 3. The van der Waals surface area contributed by atoms with E-state index in [0.29, 0.717) is 6.42 Å². The van der Waals surface area contributed by atoms with E-state index in [0.717, 1.165) is 0 Å². The van der Waals surface area contributed by atoms with Gasteiger partial charge in [-0.05, 0) is 41.0 Å². The van der Waals surface area contributed by atoms with Crippen LogP contribution < -0.4 is 0 Å². The van der Waals surface area contributed by atoms with Gasteiger partial charge in [-0.2, -0.15) is 0 Å². The molecule has 0 aromatic rings. The molecular formula is C14H28O5. The van der Waals surface area contributed by atoms with E-state index >= 15 is 0 Å². The normalized spacial score (nSPS) is 30.9. The van der Waals surface area contributed by atoms with E-state index < -0.39 is 24.1 Å². The molecule has 0 spiro atoms. The minimum Gasteiger partial charge on any atom is -0.388 e. The molecule has 1 heterocycles. The Hall–Kier alpha value is -0.200. The average Bonchev–Trinajstić information content (AvgIpc) is 2.27. The largest absolute Gasteiger partial charge is 0.388 e. The summed E-state index contributed by atoms with van der Waals surface area (Å²) in [4.78, 5) is 0. The summed E-state index contributed by atoms with van der Waals surface area (Å²) in [6.45, 7) is 11.4. The molecule has 2 N–H and O–H groups in total. The standard InChI is InChI=1S/C14H28O5/c1-7-10(18-13(2,3)4)11(16)12-9(15)8-17-14(5,6)19-12/h9-12,15-16H,7-8H2,1-6H3/t9?,10-,11?,12-/m1/s1. The second kappa shape index (κ2) is 6.06. The van der Waals surface area contributed by atoms with Crippen LogP contribution in [0.2, 0.25) is 0 Å². The van der Waals surface area contributed by atoms with Crippen molar-refractivity contribution in [3.05, 3.63) is 0 Å². The molecule has 19 heavy (non-hydrogen) atoms. The summed E-state index contributed by atoms with van der Waals surface area (Å²) in [7, 11) is 0. The van der Waals surface area contributed by atoms with Gasteiger partial charge in [0, 0.05) is 0 Å². The topological polar surface area (TPSA) is 68.2 Å². The lowest BCUT2D eigenvalue weighted by atomic mass is 9.99. The highest BCUT2D eigenvalue weighted by Gasteiger charge is 2.42. The van der Waals surface area contributed by atoms with Crippen molar-refractivity contribution in [2.24, 2.45) is 0 Å². The Labute approximate surface area is 115 Å². The summed E-state index contributed by atoms with van der Waals surface area (Å²) < 4.78 is 16.8. The molecule has 1 saturated heterocycles. The van der Waals surface area contributed by atoms with Gasteiger partial charge >= 0.3 is 0 Å². The Morgan fingerprint density at radius 3 is 2.42 bits per heavy atom. The number of aliphatic hydroxyl groups is 2. The van der Waals surface area contributed by atoms with Crippen molar-refractivity contribution < 1.29 is 24.4 Å². The number of rotatable bonds is 4.